The number of fused-ring (bicyclic) bond motifs is 9. The average molecular weight is 1120 g/mol. The first-order chi connectivity index (χ1) is 34.6. The first-order valence-electron chi connectivity index (χ1n) is 25.4. The molecule has 3 aromatic heterocycles. The van der Waals surface area contributed by atoms with Crippen LogP contribution in [0.1, 0.15) is 104 Å². The fraction of sp³-hybridized carbons (Fsp3) is 0.194. The summed E-state index contributed by atoms with van der Waals surface area (Å²) in [7, 11) is 0. The van der Waals surface area contributed by atoms with Gasteiger partial charge in [0.1, 0.15) is 5.58 Å². The molecular formula is C67H59IrN3O-2. The number of hydrogen-bond donors (Lipinski definition) is 0. The van der Waals surface area contributed by atoms with Gasteiger partial charge in [0.15, 0.2) is 0 Å². The Labute approximate surface area is 438 Å². The molecule has 0 saturated carbocycles. The van der Waals surface area contributed by atoms with Crippen LogP contribution in [0.25, 0.3) is 105 Å². The fourth-order valence-electron chi connectivity index (χ4n) is 10.4. The van der Waals surface area contributed by atoms with Crippen LogP contribution in [0.5, 0.6) is 0 Å². The smallest absolute Gasteiger partial charge is 0.121 e. The molecule has 12 aromatic rings. The van der Waals surface area contributed by atoms with Gasteiger partial charge in [-0.25, -0.2) is 0 Å². The van der Waals surface area contributed by atoms with E-state index in [1.54, 1.807) is 0 Å². The molecule has 0 fully saturated rings. The van der Waals surface area contributed by atoms with Crippen LogP contribution in [0.4, 0.5) is 0 Å². The minimum atomic E-state index is -0.644. The summed E-state index contributed by atoms with van der Waals surface area (Å²) in [4.78, 5) is 10.1. The summed E-state index contributed by atoms with van der Waals surface area (Å²) in [5, 5.41) is 9.36. The maximum Gasteiger partial charge on any atom is 0.121 e. The second-order valence-electron chi connectivity index (χ2n) is 20.8. The molecule has 9 aromatic carbocycles. The van der Waals surface area contributed by atoms with Gasteiger partial charge in [0.05, 0.1) is 22.4 Å². The zero-order valence-electron chi connectivity index (χ0n) is 43.5. The predicted octanol–water partition coefficient (Wildman–Crippen LogP) is 18.7. The quantitative estimate of drug-likeness (QED) is 0.118. The molecule has 3 heterocycles. The SMILES string of the molecule is CC(C)c1cc(-c2ccccc2)cc(C(C)C)c1-n1c(-c2[c-]ccc3c2oc2cc4c(ccc5ccccc54)cc23)nc2ccc3ccccc3c21.[2H]C(C)(C)c1cc(-c2[c-]cccc2)ncc1C(C)(C)C.[Ir]. The van der Waals surface area contributed by atoms with Crippen LogP contribution in [0.2, 0.25) is 0 Å². The third-order valence-corrected chi connectivity index (χ3v) is 14.0. The van der Waals surface area contributed by atoms with Crippen LogP contribution in [0.15, 0.2) is 180 Å². The molecule has 0 N–H and O–H groups in total. The van der Waals surface area contributed by atoms with Crippen LogP contribution < -0.4 is 0 Å². The van der Waals surface area contributed by atoms with E-state index in [9.17, 15) is 0 Å². The van der Waals surface area contributed by atoms with E-state index >= 15 is 0 Å². The Morgan fingerprint density at radius 1 is 0.569 bits per heavy atom. The summed E-state index contributed by atoms with van der Waals surface area (Å²) in [6.45, 7) is 19.5. The first-order valence-corrected chi connectivity index (χ1v) is 24.9. The van der Waals surface area contributed by atoms with Gasteiger partial charge in [-0.3, -0.25) is 4.98 Å². The molecule has 0 spiro atoms. The molecule has 72 heavy (non-hydrogen) atoms. The molecule has 5 heteroatoms. The van der Waals surface area contributed by atoms with Crippen LogP contribution in [0, 0.1) is 12.1 Å². The molecule has 0 aliphatic rings. The topological polar surface area (TPSA) is 43.9 Å². The molecule has 0 amide bonds. The van der Waals surface area contributed by atoms with Crippen molar-refractivity contribution in [2.45, 2.75) is 85.5 Å². The minimum absolute atomic E-state index is 0. The van der Waals surface area contributed by atoms with E-state index in [2.05, 4.69) is 204 Å². The first kappa shape index (κ1) is 47.2. The molecular weight excluding hydrogens is 1050 g/mol. The van der Waals surface area contributed by atoms with Crippen LogP contribution in [-0.2, 0) is 25.5 Å². The van der Waals surface area contributed by atoms with Crippen molar-refractivity contribution < 1.29 is 25.9 Å². The number of nitrogens with zero attached hydrogens (tertiary/aromatic N) is 3. The molecule has 0 bridgehead atoms. The Morgan fingerprint density at radius 3 is 1.90 bits per heavy atom. The fourth-order valence-corrected chi connectivity index (χ4v) is 10.4. The second kappa shape index (κ2) is 19.4. The third kappa shape index (κ3) is 8.73. The summed E-state index contributed by atoms with van der Waals surface area (Å²) in [6.07, 6.45) is 1.92. The van der Waals surface area contributed by atoms with Crippen molar-refractivity contribution in [1.82, 2.24) is 14.5 Å². The number of hydrogen-bond acceptors (Lipinski definition) is 3. The molecule has 0 unspecified atom stereocenters. The summed E-state index contributed by atoms with van der Waals surface area (Å²) in [6, 6.07) is 66.9. The van der Waals surface area contributed by atoms with Crippen LogP contribution in [-0.4, -0.2) is 14.5 Å². The van der Waals surface area contributed by atoms with Gasteiger partial charge in [-0.15, -0.1) is 54.1 Å². The number of rotatable bonds is 7. The molecule has 1 radical (unpaired) electrons. The number of imidazole rings is 1. The zero-order valence-corrected chi connectivity index (χ0v) is 44.9. The largest absolute Gasteiger partial charge is 0.501 e. The van der Waals surface area contributed by atoms with E-state index in [-0.39, 0.29) is 37.4 Å². The number of benzene rings is 9. The van der Waals surface area contributed by atoms with E-state index in [1.165, 1.54) is 60.3 Å². The van der Waals surface area contributed by atoms with Gasteiger partial charge in [0, 0.05) is 44.1 Å². The summed E-state index contributed by atoms with van der Waals surface area (Å²) in [5.41, 5.74) is 14.8. The molecule has 12 rings (SSSR count). The van der Waals surface area contributed by atoms with E-state index < -0.39 is 5.89 Å². The zero-order chi connectivity index (χ0) is 50.1. The van der Waals surface area contributed by atoms with Crippen molar-refractivity contribution in [2.24, 2.45) is 0 Å². The van der Waals surface area contributed by atoms with Crippen molar-refractivity contribution in [3.05, 3.63) is 210 Å². The monoisotopic (exact) mass is 1120 g/mol. The van der Waals surface area contributed by atoms with Crippen molar-refractivity contribution in [3.8, 4) is 39.5 Å². The third-order valence-electron chi connectivity index (χ3n) is 14.0. The van der Waals surface area contributed by atoms with Gasteiger partial charge in [0.2, 0.25) is 0 Å². The Balaban J connectivity index is 0.000000246. The van der Waals surface area contributed by atoms with Crippen molar-refractivity contribution in [1.29, 1.82) is 0 Å². The second-order valence-corrected chi connectivity index (χ2v) is 20.8. The van der Waals surface area contributed by atoms with Gasteiger partial charge >= 0.3 is 0 Å². The minimum Gasteiger partial charge on any atom is -0.501 e. The normalized spacial score (nSPS) is 12.3. The number of aromatic nitrogens is 3. The Bertz CT molecular complexity index is 3980. The van der Waals surface area contributed by atoms with Crippen LogP contribution >= 0.6 is 0 Å². The van der Waals surface area contributed by atoms with Crippen LogP contribution in [0.3, 0.4) is 0 Å². The van der Waals surface area contributed by atoms with E-state index in [4.69, 9.17) is 10.8 Å². The van der Waals surface area contributed by atoms with E-state index in [0.29, 0.717) is 0 Å². The Hall–Kier alpha value is -7.17. The summed E-state index contributed by atoms with van der Waals surface area (Å²) < 4.78 is 17.8. The molecule has 0 aliphatic carbocycles. The van der Waals surface area contributed by atoms with Crippen molar-refractivity contribution in [2.75, 3.05) is 0 Å². The molecule has 359 valence electrons. The van der Waals surface area contributed by atoms with E-state index in [1.807, 2.05) is 56.4 Å². The molecule has 0 atom stereocenters. The predicted molar refractivity (Wildman–Crippen MR) is 300 cm³/mol. The van der Waals surface area contributed by atoms with Crippen molar-refractivity contribution in [3.63, 3.8) is 0 Å². The molecule has 0 aliphatic heterocycles. The standard InChI is InChI=1S/C49H37N2O.C18H22N.Ir/c1-29(2)40-26-35(31-13-6-5-7-14-31)27-41(30(3)4)46(40)51-47-37-18-11-9-16-33(37)23-24-44(47)50-49(51)39-20-12-19-38-43-25-34-22-21-32-15-8-10-17-36(32)42(34)28-45(43)52-48(38)39;1-13(2)15-11-17(14-9-7-6-8-10-14)19-12-16(15)18(3,4)5;/h5-19,21-30H,1-4H3;6-9,11-13H,1-5H3;/q2*-1;/i;13D;. The van der Waals surface area contributed by atoms with Crippen molar-refractivity contribution >= 4 is 65.3 Å². The van der Waals surface area contributed by atoms with Gasteiger partial charge < -0.3 is 14.0 Å². The number of furan rings is 1. The molecule has 4 nitrogen and oxygen atoms in total. The maximum absolute atomic E-state index is 8.41. The Morgan fingerprint density at radius 2 is 1.22 bits per heavy atom. The van der Waals surface area contributed by atoms with Gasteiger partial charge in [-0.1, -0.05) is 176 Å². The van der Waals surface area contributed by atoms with Gasteiger partial charge in [-0.05, 0) is 119 Å². The Kier molecular flexibility index (Phi) is 12.7. The van der Waals surface area contributed by atoms with Gasteiger partial charge in [0.25, 0.3) is 0 Å². The molecule has 0 saturated heterocycles. The van der Waals surface area contributed by atoms with E-state index in [0.717, 1.165) is 66.7 Å². The number of pyridine rings is 1. The average Bonchev–Trinajstić information content (AvgIpc) is 3.96. The summed E-state index contributed by atoms with van der Waals surface area (Å²) in [5.74, 6) is 0.700. The maximum atomic E-state index is 8.41. The summed E-state index contributed by atoms with van der Waals surface area (Å²) >= 11 is 0. The van der Waals surface area contributed by atoms with Gasteiger partial charge in [-0.2, -0.15) is 0 Å².